The Labute approximate surface area is 117 Å². The molecule has 0 saturated heterocycles. The fraction of sp³-hybridized carbons (Fsp3) is 0.538. The van der Waals surface area contributed by atoms with Gasteiger partial charge in [-0.2, -0.15) is 13.2 Å². The van der Waals surface area contributed by atoms with Crippen molar-refractivity contribution < 1.29 is 17.9 Å². The normalized spacial score (nSPS) is 13.7. The minimum Gasteiger partial charge on any atom is -0.497 e. The summed E-state index contributed by atoms with van der Waals surface area (Å²) in [7, 11) is 1.33. The molecule has 1 atom stereocenters. The van der Waals surface area contributed by atoms with Crippen LogP contribution < -0.4 is 10.5 Å². The molecule has 110 valence electrons. The molecular formula is C13H19ClF3NO. The van der Waals surface area contributed by atoms with Crippen molar-refractivity contribution in [2.24, 2.45) is 11.1 Å². The van der Waals surface area contributed by atoms with Crippen LogP contribution in [0.1, 0.15) is 37.9 Å². The number of hydrogen-bond acceptors (Lipinski definition) is 2. The van der Waals surface area contributed by atoms with E-state index in [2.05, 4.69) is 0 Å². The van der Waals surface area contributed by atoms with E-state index in [9.17, 15) is 13.2 Å². The summed E-state index contributed by atoms with van der Waals surface area (Å²) < 4.78 is 43.8. The Hall–Kier alpha value is -0.940. The molecule has 0 saturated carbocycles. The standard InChI is InChI=1S/C13H18F3NO.ClH/c1-12(2,3)11(17)9-6-5-8(18-4)7-10(9)13(14,15)16;/h5-7,11H,17H2,1-4H3;1H/t11-;/m0./s1. The second kappa shape index (κ2) is 6.01. The van der Waals surface area contributed by atoms with Gasteiger partial charge in [0.25, 0.3) is 0 Å². The van der Waals surface area contributed by atoms with Gasteiger partial charge in [0.1, 0.15) is 5.75 Å². The summed E-state index contributed by atoms with van der Waals surface area (Å²) in [4.78, 5) is 0. The number of rotatable bonds is 2. The lowest BCUT2D eigenvalue weighted by Gasteiger charge is -2.29. The summed E-state index contributed by atoms with van der Waals surface area (Å²) in [5.41, 5.74) is 4.83. The van der Waals surface area contributed by atoms with Crippen molar-refractivity contribution in [1.29, 1.82) is 0 Å². The van der Waals surface area contributed by atoms with Crippen molar-refractivity contribution in [2.45, 2.75) is 33.0 Å². The highest BCUT2D eigenvalue weighted by Crippen LogP contribution is 2.40. The molecule has 0 aliphatic heterocycles. The van der Waals surface area contributed by atoms with Crippen LogP contribution in [0.2, 0.25) is 0 Å². The van der Waals surface area contributed by atoms with E-state index in [-0.39, 0.29) is 23.7 Å². The molecule has 6 heteroatoms. The monoisotopic (exact) mass is 297 g/mol. The number of halogens is 4. The van der Waals surface area contributed by atoms with E-state index in [1.165, 1.54) is 19.2 Å². The third-order valence-corrected chi connectivity index (χ3v) is 2.83. The van der Waals surface area contributed by atoms with E-state index >= 15 is 0 Å². The molecule has 0 aromatic heterocycles. The smallest absolute Gasteiger partial charge is 0.416 e. The molecule has 0 bridgehead atoms. The van der Waals surface area contributed by atoms with Gasteiger partial charge in [0.2, 0.25) is 0 Å². The molecule has 2 N–H and O–H groups in total. The van der Waals surface area contributed by atoms with Crippen molar-refractivity contribution >= 4 is 12.4 Å². The van der Waals surface area contributed by atoms with Gasteiger partial charge >= 0.3 is 6.18 Å². The maximum absolute atomic E-state index is 13.0. The van der Waals surface area contributed by atoms with Crippen LogP contribution in [-0.2, 0) is 6.18 Å². The lowest BCUT2D eigenvalue weighted by molar-refractivity contribution is -0.138. The molecule has 0 fully saturated rings. The van der Waals surface area contributed by atoms with Crippen LogP contribution in [0.15, 0.2) is 18.2 Å². The number of nitrogens with two attached hydrogens (primary N) is 1. The quantitative estimate of drug-likeness (QED) is 0.888. The minimum absolute atomic E-state index is 0. The number of benzene rings is 1. The van der Waals surface area contributed by atoms with Gasteiger partial charge in [-0.05, 0) is 23.1 Å². The van der Waals surface area contributed by atoms with Gasteiger partial charge in [-0.3, -0.25) is 0 Å². The first-order chi connectivity index (χ1) is 8.07. The fourth-order valence-corrected chi connectivity index (χ4v) is 1.65. The zero-order chi connectivity index (χ0) is 14.1. The maximum atomic E-state index is 13.0. The first-order valence-electron chi connectivity index (χ1n) is 5.58. The Bertz CT molecular complexity index is 427. The molecule has 0 unspecified atom stereocenters. The third-order valence-electron chi connectivity index (χ3n) is 2.83. The second-order valence-electron chi connectivity index (χ2n) is 5.29. The van der Waals surface area contributed by atoms with Gasteiger partial charge in [0, 0.05) is 6.04 Å². The minimum atomic E-state index is -4.44. The van der Waals surface area contributed by atoms with Crippen molar-refractivity contribution in [3.8, 4) is 5.75 Å². The van der Waals surface area contributed by atoms with Crippen LogP contribution >= 0.6 is 12.4 Å². The molecule has 0 spiro atoms. The SMILES string of the molecule is COc1ccc([C@H](N)C(C)(C)C)c(C(F)(F)F)c1.Cl. The Morgan fingerprint density at radius 3 is 2.05 bits per heavy atom. The Morgan fingerprint density at radius 2 is 1.68 bits per heavy atom. The molecule has 0 radical (unpaired) electrons. The van der Waals surface area contributed by atoms with Gasteiger partial charge in [-0.25, -0.2) is 0 Å². The summed E-state index contributed by atoms with van der Waals surface area (Å²) in [6.45, 7) is 5.42. The number of ether oxygens (including phenoxy) is 1. The Kier molecular flexibility index (Phi) is 5.71. The first kappa shape index (κ1) is 18.1. The van der Waals surface area contributed by atoms with Gasteiger partial charge in [-0.1, -0.05) is 26.8 Å². The van der Waals surface area contributed by atoms with Crippen molar-refractivity contribution in [3.05, 3.63) is 29.3 Å². The molecule has 19 heavy (non-hydrogen) atoms. The van der Waals surface area contributed by atoms with Crippen LogP contribution in [0.25, 0.3) is 0 Å². The number of alkyl halides is 3. The van der Waals surface area contributed by atoms with Crippen LogP contribution in [0, 0.1) is 5.41 Å². The van der Waals surface area contributed by atoms with Crippen molar-refractivity contribution in [1.82, 2.24) is 0 Å². The molecule has 1 aromatic rings. The number of methoxy groups -OCH3 is 1. The van der Waals surface area contributed by atoms with E-state index < -0.39 is 23.2 Å². The summed E-state index contributed by atoms with van der Waals surface area (Å²) in [6.07, 6.45) is -4.44. The largest absolute Gasteiger partial charge is 0.497 e. The van der Waals surface area contributed by atoms with Gasteiger partial charge in [0.15, 0.2) is 0 Å². The summed E-state index contributed by atoms with van der Waals surface area (Å²) in [6, 6.07) is 3.18. The van der Waals surface area contributed by atoms with Crippen LogP contribution in [0.3, 0.4) is 0 Å². The molecule has 1 aromatic carbocycles. The van der Waals surface area contributed by atoms with Gasteiger partial charge < -0.3 is 10.5 Å². The van der Waals surface area contributed by atoms with Crippen LogP contribution in [-0.4, -0.2) is 7.11 Å². The van der Waals surface area contributed by atoms with Crippen LogP contribution in [0.5, 0.6) is 5.75 Å². The van der Waals surface area contributed by atoms with Crippen molar-refractivity contribution in [2.75, 3.05) is 7.11 Å². The lowest BCUT2D eigenvalue weighted by Crippen LogP contribution is -2.28. The maximum Gasteiger partial charge on any atom is 0.416 e. The highest BCUT2D eigenvalue weighted by Gasteiger charge is 2.37. The predicted octanol–water partition coefficient (Wildman–Crippen LogP) is 4.18. The summed E-state index contributed by atoms with van der Waals surface area (Å²) in [5.74, 6) is 0.173. The zero-order valence-electron chi connectivity index (χ0n) is 11.3. The van der Waals surface area contributed by atoms with Crippen LogP contribution in [0.4, 0.5) is 13.2 Å². The van der Waals surface area contributed by atoms with Gasteiger partial charge in [-0.15, -0.1) is 12.4 Å². The van der Waals surface area contributed by atoms with E-state index in [4.69, 9.17) is 10.5 Å². The topological polar surface area (TPSA) is 35.2 Å². The average molecular weight is 298 g/mol. The average Bonchev–Trinajstić information content (AvgIpc) is 2.24. The third kappa shape index (κ3) is 4.28. The molecule has 0 amide bonds. The molecule has 0 aliphatic rings. The van der Waals surface area contributed by atoms with E-state index in [0.29, 0.717) is 0 Å². The predicted molar refractivity (Wildman–Crippen MR) is 71.6 cm³/mol. The molecular weight excluding hydrogens is 279 g/mol. The highest BCUT2D eigenvalue weighted by atomic mass is 35.5. The van der Waals surface area contributed by atoms with E-state index in [0.717, 1.165) is 6.07 Å². The molecule has 0 aliphatic carbocycles. The fourth-order valence-electron chi connectivity index (χ4n) is 1.65. The summed E-state index contributed by atoms with van der Waals surface area (Å²) in [5, 5.41) is 0. The Morgan fingerprint density at radius 1 is 1.16 bits per heavy atom. The molecule has 0 heterocycles. The van der Waals surface area contributed by atoms with Gasteiger partial charge in [0.05, 0.1) is 12.7 Å². The molecule has 2 nitrogen and oxygen atoms in total. The van der Waals surface area contributed by atoms with E-state index in [1.807, 2.05) is 20.8 Å². The van der Waals surface area contributed by atoms with E-state index in [1.54, 1.807) is 0 Å². The Balaban J connectivity index is 0.00000324. The zero-order valence-corrected chi connectivity index (χ0v) is 12.2. The molecule has 1 rings (SSSR count). The number of hydrogen-bond donors (Lipinski definition) is 1. The van der Waals surface area contributed by atoms with Crippen molar-refractivity contribution in [3.63, 3.8) is 0 Å². The highest BCUT2D eigenvalue weighted by molar-refractivity contribution is 5.85. The second-order valence-corrected chi connectivity index (χ2v) is 5.29. The first-order valence-corrected chi connectivity index (χ1v) is 5.58. The summed E-state index contributed by atoms with van der Waals surface area (Å²) >= 11 is 0. The lowest BCUT2D eigenvalue weighted by atomic mass is 9.81.